The first-order valence-corrected chi connectivity index (χ1v) is 4.48. The molecule has 0 amide bonds. The molecule has 1 heterocycles. The Hall–Kier alpha value is -1.26. The Kier molecular flexibility index (Phi) is 2.56. The fraction of sp³-hybridized carbons (Fsp3) is 0.400. The van der Waals surface area contributed by atoms with Crippen LogP contribution in [0.5, 0.6) is 11.5 Å². The van der Waals surface area contributed by atoms with Crippen molar-refractivity contribution in [1.82, 2.24) is 0 Å². The van der Waals surface area contributed by atoms with E-state index in [0.717, 1.165) is 0 Å². The van der Waals surface area contributed by atoms with Crippen LogP contribution in [0.25, 0.3) is 0 Å². The minimum atomic E-state index is -0.0964. The summed E-state index contributed by atoms with van der Waals surface area (Å²) in [5.41, 5.74) is 0. The summed E-state index contributed by atoms with van der Waals surface area (Å²) in [7, 11) is 0. The van der Waals surface area contributed by atoms with Gasteiger partial charge in [0.15, 0.2) is 11.5 Å². The van der Waals surface area contributed by atoms with Gasteiger partial charge in [-0.05, 0) is 12.1 Å². The number of hydrogen-bond acceptors (Lipinski definition) is 4. The fourth-order valence-corrected chi connectivity index (χ4v) is 1.24. The van der Waals surface area contributed by atoms with E-state index in [0.29, 0.717) is 12.4 Å². The van der Waals surface area contributed by atoms with E-state index in [1.165, 1.54) is 0 Å². The van der Waals surface area contributed by atoms with Crippen molar-refractivity contribution in [3.8, 4) is 11.5 Å². The second-order valence-electron chi connectivity index (χ2n) is 3.17. The fourth-order valence-electron chi connectivity index (χ4n) is 1.24. The normalized spacial score (nSPS) is 24.6. The zero-order valence-corrected chi connectivity index (χ0v) is 7.59. The molecule has 2 N–H and O–H groups in total. The monoisotopic (exact) mass is 196 g/mol. The van der Waals surface area contributed by atoms with Crippen LogP contribution in [0.15, 0.2) is 24.3 Å². The number of aliphatic hydroxyl groups excluding tert-OH is 1. The van der Waals surface area contributed by atoms with Crippen molar-refractivity contribution in [1.29, 1.82) is 0 Å². The van der Waals surface area contributed by atoms with Gasteiger partial charge in [0.2, 0.25) is 0 Å². The summed E-state index contributed by atoms with van der Waals surface area (Å²) < 4.78 is 10.4. The minimum absolute atomic E-state index is 0.0226. The lowest BCUT2D eigenvalue weighted by molar-refractivity contribution is 0.231. The molecular weight excluding hydrogens is 184 g/mol. The molecule has 4 heteroatoms. The lowest BCUT2D eigenvalue weighted by Crippen LogP contribution is -2.09. The first kappa shape index (κ1) is 9.30. The van der Waals surface area contributed by atoms with Gasteiger partial charge in [-0.3, -0.25) is 0 Å². The Morgan fingerprint density at radius 3 is 2.71 bits per heavy atom. The molecule has 2 rings (SSSR count). The van der Waals surface area contributed by atoms with Gasteiger partial charge in [-0.25, -0.2) is 0 Å². The molecule has 14 heavy (non-hydrogen) atoms. The lowest BCUT2D eigenvalue weighted by atomic mass is 10.3. The summed E-state index contributed by atoms with van der Waals surface area (Å²) in [6, 6.07) is 6.76. The molecular formula is C10H12O4. The molecule has 1 aliphatic rings. The Morgan fingerprint density at radius 2 is 2.07 bits per heavy atom. The summed E-state index contributed by atoms with van der Waals surface area (Å²) in [5.74, 6) is 0.563. The number of benzene rings is 1. The Bertz CT molecular complexity index is 313. The predicted octanol–water partition coefficient (Wildman–Crippen LogP) is 0.531. The van der Waals surface area contributed by atoms with Gasteiger partial charge in [-0.15, -0.1) is 0 Å². The van der Waals surface area contributed by atoms with Gasteiger partial charge in [0.1, 0.15) is 18.8 Å². The SMILES string of the molecule is OC[C@H]1O[C@@H]1COc1ccccc1O. The summed E-state index contributed by atoms with van der Waals surface area (Å²) in [6.45, 7) is 0.387. The maximum Gasteiger partial charge on any atom is 0.161 e. The highest BCUT2D eigenvalue weighted by Gasteiger charge is 2.38. The lowest BCUT2D eigenvalue weighted by Gasteiger charge is -2.05. The molecule has 0 aromatic heterocycles. The molecule has 1 saturated heterocycles. The van der Waals surface area contributed by atoms with Crippen LogP contribution in [0.3, 0.4) is 0 Å². The predicted molar refractivity (Wildman–Crippen MR) is 49.3 cm³/mol. The van der Waals surface area contributed by atoms with Crippen LogP contribution < -0.4 is 4.74 Å². The van der Waals surface area contributed by atoms with Crippen LogP contribution in [0.1, 0.15) is 0 Å². The van der Waals surface area contributed by atoms with Crippen LogP contribution in [-0.2, 0) is 4.74 Å². The van der Waals surface area contributed by atoms with Crippen molar-refractivity contribution >= 4 is 0 Å². The highest BCUT2D eigenvalue weighted by atomic mass is 16.6. The van der Waals surface area contributed by atoms with Crippen molar-refractivity contribution in [2.45, 2.75) is 12.2 Å². The van der Waals surface area contributed by atoms with E-state index in [-0.39, 0.29) is 24.6 Å². The second kappa shape index (κ2) is 3.86. The van der Waals surface area contributed by atoms with Crippen molar-refractivity contribution in [2.75, 3.05) is 13.2 Å². The van der Waals surface area contributed by atoms with Gasteiger partial charge in [0, 0.05) is 0 Å². The van der Waals surface area contributed by atoms with Crippen molar-refractivity contribution in [3.05, 3.63) is 24.3 Å². The molecule has 0 aliphatic carbocycles. The summed E-state index contributed by atoms with van der Waals surface area (Å²) in [6.07, 6.45) is -0.138. The second-order valence-corrected chi connectivity index (χ2v) is 3.17. The number of hydrogen-bond donors (Lipinski definition) is 2. The zero-order valence-electron chi connectivity index (χ0n) is 7.59. The van der Waals surface area contributed by atoms with E-state index in [4.69, 9.17) is 14.6 Å². The number of rotatable bonds is 4. The largest absolute Gasteiger partial charge is 0.504 e. The molecule has 0 radical (unpaired) electrons. The molecule has 1 aliphatic heterocycles. The van der Waals surface area contributed by atoms with Crippen molar-refractivity contribution in [3.63, 3.8) is 0 Å². The van der Waals surface area contributed by atoms with Gasteiger partial charge in [0.25, 0.3) is 0 Å². The summed E-state index contributed by atoms with van der Waals surface area (Å²) in [4.78, 5) is 0. The first-order valence-electron chi connectivity index (χ1n) is 4.48. The van der Waals surface area contributed by atoms with E-state index in [1.807, 2.05) is 0 Å². The van der Waals surface area contributed by atoms with Gasteiger partial charge in [-0.2, -0.15) is 0 Å². The number of epoxide rings is 1. The highest BCUT2D eigenvalue weighted by Crippen LogP contribution is 2.27. The molecule has 0 saturated carbocycles. The number of phenolic OH excluding ortho intramolecular Hbond substituents is 1. The molecule has 1 aromatic rings. The average molecular weight is 196 g/mol. The average Bonchev–Trinajstić information content (AvgIpc) is 2.95. The van der Waals surface area contributed by atoms with Crippen LogP contribution in [-0.4, -0.2) is 35.6 Å². The molecule has 1 aromatic carbocycles. The van der Waals surface area contributed by atoms with Gasteiger partial charge >= 0.3 is 0 Å². The van der Waals surface area contributed by atoms with Crippen LogP contribution in [0.2, 0.25) is 0 Å². The molecule has 0 bridgehead atoms. The van der Waals surface area contributed by atoms with E-state index >= 15 is 0 Å². The third-order valence-corrected chi connectivity index (χ3v) is 2.14. The first-order chi connectivity index (χ1) is 6.81. The Labute approximate surface area is 81.7 Å². The van der Waals surface area contributed by atoms with E-state index in [9.17, 15) is 5.11 Å². The molecule has 1 fully saturated rings. The van der Waals surface area contributed by atoms with E-state index < -0.39 is 0 Å². The molecule has 0 unspecified atom stereocenters. The standard InChI is InChI=1S/C10H12O4/c11-5-9-10(14-9)6-13-8-4-2-1-3-7(8)12/h1-4,9-12H,5-6H2/t9-,10-/m1/s1. The molecule has 76 valence electrons. The topological polar surface area (TPSA) is 62.2 Å². The number of para-hydroxylation sites is 2. The van der Waals surface area contributed by atoms with E-state index in [1.54, 1.807) is 24.3 Å². The summed E-state index contributed by atoms with van der Waals surface area (Å²) >= 11 is 0. The third kappa shape index (κ3) is 1.97. The quantitative estimate of drug-likeness (QED) is 0.689. The van der Waals surface area contributed by atoms with Gasteiger partial charge < -0.3 is 19.7 Å². The third-order valence-electron chi connectivity index (χ3n) is 2.14. The summed E-state index contributed by atoms with van der Waals surface area (Å²) in [5, 5.41) is 18.0. The van der Waals surface area contributed by atoms with E-state index in [2.05, 4.69) is 0 Å². The molecule has 0 spiro atoms. The number of phenols is 1. The number of aromatic hydroxyl groups is 1. The van der Waals surface area contributed by atoms with Gasteiger partial charge in [0.05, 0.1) is 6.61 Å². The van der Waals surface area contributed by atoms with Crippen molar-refractivity contribution < 1.29 is 19.7 Å². The van der Waals surface area contributed by atoms with Gasteiger partial charge in [-0.1, -0.05) is 12.1 Å². The maximum atomic E-state index is 9.35. The number of ether oxygens (including phenoxy) is 2. The smallest absolute Gasteiger partial charge is 0.161 e. The highest BCUT2D eigenvalue weighted by molar-refractivity contribution is 5.37. The van der Waals surface area contributed by atoms with Crippen molar-refractivity contribution in [2.24, 2.45) is 0 Å². The minimum Gasteiger partial charge on any atom is -0.504 e. The maximum absolute atomic E-state index is 9.35. The van der Waals surface area contributed by atoms with Crippen LogP contribution >= 0.6 is 0 Å². The van der Waals surface area contributed by atoms with Crippen LogP contribution in [0.4, 0.5) is 0 Å². The van der Waals surface area contributed by atoms with Crippen LogP contribution in [0, 0.1) is 0 Å². The Morgan fingerprint density at radius 1 is 1.29 bits per heavy atom. The molecule has 2 atom stereocenters. The number of aliphatic hydroxyl groups is 1. The zero-order chi connectivity index (χ0) is 9.97. The molecule has 4 nitrogen and oxygen atoms in total. The Balaban J connectivity index is 1.84.